The number of hydrogen-bond donors (Lipinski definition) is 3. The first-order valence-electron chi connectivity index (χ1n) is 6.64. The number of urea groups is 1. The van der Waals surface area contributed by atoms with Crippen LogP contribution in [0, 0.1) is 19.8 Å². The molecule has 0 saturated heterocycles. The summed E-state index contributed by atoms with van der Waals surface area (Å²) in [4.78, 5) is 23.2. The summed E-state index contributed by atoms with van der Waals surface area (Å²) >= 11 is 0. The predicted octanol–water partition coefficient (Wildman–Crippen LogP) is 3.17. The number of aromatic carboxylic acids is 1. The van der Waals surface area contributed by atoms with Crippen LogP contribution in [0.1, 0.15) is 42.3 Å². The summed E-state index contributed by atoms with van der Waals surface area (Å²) in [5.74, 6) is -0.747. The molecule has 5 heteroatoms. The van der Waals surface area contributed by atoms with Gasteiger partial charge >= 0.3 is 12.0 Å². The monoisotopic (exact) mass is 278 g/mol. The van der Waals surface area contributed by atoms with Crippen molar-refractivity contribution in [2.45, 2.75) is 40.7 Å². The molecule has 110 valence electrons. The van der Waals surface area contributed by atoms with Crippen molar-refractivity contribution < 1.29 is 14.7 Å². The van der Waals surface area contributed by atoms with Gasteiger partial charge in [0.25, 0.3) is 0 Å². The minimum absolute atomic E-state index is 0.00836. The molecule has 0 radical (unpaired) electrons. The molecule has 0 aliphatic heterocycles. The Balaban J connectivity index is 2.97. The molecule has 0 heterocycles. The maximum atomic E-state index is 11.9. The van der Waals surface area contributed by atoms with Crippen molar-refractivity contribution in [1.29, 1.82) is 0 Å². The van der Waals surface area contributed by atoms with Crippen LogP contribution in [0.25, 0.3) is 0 Å². The number of benzene rings is 1. The molecular weight excluding hydrogens is 256 g/mol. The van der Waals surface area contributed by atoms with E-state index in [1.807, 2.05) is 33.8 Å². The highest BCUT2D eigenvalue weighted by Crippen LogP contribution is 2.23. The van der Waals surface area contributed by atoms with Gasteiger partial charge in [-0.3, -0.25) is 0 Å². The van der Waals surface area contributed by atoms with Gasteiger partial charge in [0.2, 0.25) is 0 Å². The van der Waals surface area contributed by atoms with E-state index in [1.165, 1.54) is 0 Å². The minimum atomic E-state index is -1.05. The molecule has 0 saturated carbocycles. The molecule has 1 unspecified atom stereocenters. The van der Waals surface area contributed by atoms with Crippen molar-refractivity contribution >= 4 is 17.7 Å². The third-order valence-electron chi connectivity index (χ3n) is 3.31. The number of carbonyl (C=O) groups excluding carboxylic acids is 1. The largest absolute Gasteiger partial charge is 0.478 e. The van der Waals surface area contributed by atoms with Gasteiger partial charge in [0.15, 0.2) is 0 Å². The third-order valence-corrected chi connectivity index (χ3v) is 3.31. The molecule has 1 atom stereocenters. The van der Waals surface area contributed by atoms with Crippen LogP contribution >= 0.6 is 0 Å². The first-order chi connectivity index (χ1) is 9.22. The summed E-state index contributed by atoms with van der Waals surface area (Å²) in [6.45, 7) is 9.52. The second kappa shape index (κ2) is 6.41. The third kappa shape index (κ3) is 3.98. The second-order valence-electron chi connectivity index (χ2n) is 5.44. The Labute approximate surface area is 119 Å². The highest BCUT2D eigenvalue weighted by Gasteiger charge is 2.17. The quantitative estimate of drug-likeness (QED) is 0.791. The summed E-state index contributed by atoms with van der Waals surface area (Å²) in [6, 6.07) is 3.01. The second-order valence-corrected chi connectivity index (χ2v) is 5.44. The molecular formula is C15H22N2O3. The van der Waals surface area contributed by atoms with E-state index in [-0.39, 0.29) is 17.6 Å². The first kappa shape index (κ1) is 16.0. The van der Waals surface area contributed by atoms with Crippen LogP contribution in [-0.4, -0.2) is 23.1 Å². The van der Waals surface area contributed by atoms with E-state index in [1.54, 1.807) is 13.0 Å². The zero-order valence-corrected chi connectivity index (χ0v) is 12.6. The summed E-state index contributed by atoms with van der Waals surface area (Å²) < 4.78 is 0. The maximum absolute atomic E-state index is 11.9. The van der Waals surface area contributed by atoms with Crippen molar-refractivity contribution in [2.75, 3.05) is 5.32 Å². The number of carboxylic acids is 1. The summed E-state index contributed by atoms with van der Waals surface area (Å²) in [5, 5.41) is 14.7. The fraction of sp³-hybridized carbons (Fsp3) is 0.467. The van der Waals surface area contributed by atoms with Crippen molar-refractivity contribution in [3.05, 3.63) is 28.8 Å². The van der Waals surface area contributed by atoms with E-state index in [4.69, 9.17) is 0 Å². The SMILES string of the molecule is Cc1cc(C)c(NC(=O)NC(C)C(C)C)c(C(=O)O)c1. The van der Waals surface area contributed by atoms with Gasteiger partial charge in [0, 0.05) is 6.04 Å². The molecule has 0 aliphatic carbocycles. The number of carboxylic acid groups (broad SMARTS) is 1. The lowest BCUT2D eigenvalue weighted by atomic mass is 10.0. The van der Waals surface area contributed by atoms with Crippen LogP contribution in [0.15, 0.2) is 12.1 Å². The van der Waals surface area contributed by atoms with E-state index in [0.29, 0.717) is 11.6 Å². The number of amides is 2. The van der Waals surface area contributed by atoms with Crippen molar-refractivity contribution in [3.63, 3.8) is 0 Å². The highest BCUT2D eigenvalue weighted by atomic mass is 16.4. The Morgan fingerprint density at radius 2 is 1.75 bits per heavy atom. The molecule has 1 rings (SSSR count). The van der Waals surface area contributed by atoms with E-state index < -0.39 is 5.97 Å². The zero-order valence-electron chi connectivity index (χ0n) is 12.6. The average Bonchev–Trinajstić information content (AvgIpc) is 2.31. The number of carbonyl (C=O) groups is 2. The molecule has 0 bridgehead atoms. The van der Waals surface area contributed by atoms with E-state index >= 15 is 0 Å². The van der Waals surface area contributed by atoms with Gasteiger partial charge in [-0.2, -0.15) is 0 Å². The Hall–Kier alpha value is -2.04. The van der Waals surface area contributed by atoms with Crippen LogP contribution < -0.4 is 10.6 Å². The van der Waals surface area contributed by atoms with Gasteiger partial charge in [-0.15, -0.1) is 0 Å². The molecule has 1 aromatic carbocycles. The molecule has 20 heavy (non-hydrogen) atoms. The minimum Gasteiger partial charge on any atom is -0.478 e. The smallest absolute Gasteiger partial charge is 0.337 e. The van der Waals surface area contributed by atoms with Gasteiger partial charge in [0.1, 0.15) is 0 Å². The normalized spacial score (nSPS) is 12.1. The van der Waals surface area contributed by atoms with Gasteiger partial charge in [-0.05, 0) is 43.9 Å². The topological polar surface area (TPSA) is 78.4 Å². The van der Waals surface area contributed by atoms with Crippen molar-refractivity contribution in [2.24, 2.45) is 5.92 Å². The van der Waals surface area contributed by atoms with Gasteiger partial charge in [0.05, 0.1) is 11.3 Å². The molecule has 1 aromatic rings. The standard InChI is InChI=1S/C15H22N2O3/c1-8(2)11(5)16-15(20)17-13-10(4)6-9(3)7-12(13)14(18)19/h6-8,11H,1-5H3,(H,18,19)(H2,16,17,20). The number of nitrogens with one attached hydrogen (secondary N) is 2. The molecule has 0 aromatic heterocycles. The number of rotatable bonds is 4. The van der Waals surface area contributed by atoms with Crippen LogP contribution in [0.4, 0.5) is 10.5 Å². The van der Waals surface area contributed by atoms with E-state index in [0.717, 1.165) is 11.1 Å². The molecule has 0 aliphatic rings. The van der Waals surface area contributed by atoms with Gasteiger partial charge < -0.3 is 15.7 Å². The Morgan fingerprint density at radius 3 is 2.25 bits per heavy atom. The Kier molecular flexibility index (Phi) is 5.13. The zero-order chi connectivity index (χ0) is 15.4. The number of anilines is 1. The fourth-order valence-electron chi connectivity index (χ4n) is 1.83. The summed E-state index contributed by atoms with van der Waals surface area (Å²) in [5.41, 5.74) is 2.03. The predicted molar refractivity (Wildman–Crippen MR) is 79.3 cm³/mol. The molecule has 2 amide bonds. The summed E-state index contributed by atoms with van der Waals surface area (Å²) in [7, 11) is 0. The number of aryl methyl sites for hydroxylation is 2. The molecule has 0 fully saturated rings. The first-order valence-corrected chi connectivity index (χ1v) is 6.64. The van der Waals surface area contributed by atoms with Crippen LogP contribution in [0.5, 0.6) is 0 Å². The van der Waals surface area contributed by atoms with Crippen molar-refractivity contribution in [1.82, 2.24) is 5.32 Å². The number of hydrogen-bond acceptors (Lipinski definition) is 2. The maximum Gasteiger partial charge on any atom is 0.337 e. The molecule has 5 nitrogen and oxygen atoms in total. The fourth-order valence-corrected chi connectivity index (χ4v) is 1.83. The summed E-state index contributed by atoms with van der Waals surface area (Å²) in [6.07, 6.45) is 0. The lowest BCUT2D eigenvalue weighted by molar-refractivity contribution is 0.0698. The molecule has 3 N–H and O–H groups in total. The van der Waals surface area contributed by atoms with Crippen LogP contribution in [0.3, 0.4) is 0 Å². The highest BCUT2D eigenvalue weighted by molar-refractivity contribution is 6.01. The average molecular weight is 278 g/mol. The Bertz CT molecular complexity index is 524. The van der Waals surface area contributed by atoms with Crippen LogP contribution in [0.2, 0.25) is 0 Å². The lowest BCUT2D eigenvalue weighted by Gasteiger charge is -2.19. The van der Waals surface area contributed by atoms with E-state index in [9.17, 15) is 14.7 Å². The van der Waals surface area contributed by atoms with Crippen LogP contribution in [-0.2, 0) is 0 Å². The van der Waals surface area contributed by atoms with E-state index in [2.05, 4.69) is 10.6 Å². The Morgan fingerprint density at radius 1 is 1.15 bits per heavy atom. The van der Waals surface area contributed by atoms with Gasteiger partial charge in [-0.25, -0.2) is 9.59 Å². The lowest BCUT2D eigenvalue weighted by Crippen LogP contribution is -2.39. The van der Waals surface area contributed by atoms with Crippen molar-refractivity contribution in [3.8, 4) is 0 Å². The molecule has 0 spiro atoms. The van der Waals surface area contributed by atoms with Gasteiger partial charge in [-0.1, -0.05) is 19.9 Å².